The first-order chi connectivity index (χ1) is 7.72. The van der Waals surface area contributed by atoms with Crippen LogP contribution in [0.15, 0.2) is 30.5 Å². The molecule has 0 saturated carbocycles. The molecule has 0 aliphatic rings. The Morgan fingerprint density at radius 3 is 2.62 bits per heavy atom. The van der Waals surface area contributed by atoms with Gasteiger partial charge >= 0.3 is 5.97 Å². The topological polar surface area (TPSA) is 75.2 Å². The van der Waals surface area contributed by atoms with E-state index in [1.54, 1.807) is 31.4 Å². The van der Waals surface area contributed by atoms with Gasteiger partial charge in [-0.3, -0.25) is 5.10 Å². The highest BCUT2D eigenvalue weighted by atomic mass is 16.5. The predicted molar refractivity (Wildman–Crippen MR) is 57.5 cm³/mol. The summed E-state index contributed by atoms with van der Waals surface area (Å²) in [7, 11) is 1.58. The zero-order valence-corrected chi connectivity index (χ0v) is 8.60. The molecule has 2 aromatic rings. The van der Waals surface area contributed by atoms with Gasteiger partial charge in [-0.1, -0.05) is 12.1 Å². The van der Waals surface area contributed by atoms with E-state index >= 15 is 0 Å². The number of carbonyl (C=O) groups is 1. The third-order valence-electron chi connectivity index (χ3n) is 2.25. The molecule has 0 aliphatic carbocycles. The van der Waals surface area contributed by atoms with Crippen LogP contribution in [0.4, 0.5) is 0 Å². The monoisotopic (exact) mass is 218 g/mol. The lowest BCUT2D eigenvalue weighted by Crippen LogP contribution is -1.98. The van der Waals surface area contributed by atoms with Crippen molar-refractivity contribution < 1.29 is 14.6 Å². The third kappa shape index (κ3) is 1.75. The molecule has 0 spiro atoms. The Balaban J connectivity index is 2.42. The average molecular weight is 218 g/mol. The lowest BCUT2D eigenvalue weighted by atomic mass is 10.1. The van der Waals surface area contributed by atoms with E-state index in [1.165, 1.54) is 6.20 Å². The molecule has 1 aromatic heterocycles. The van der Waals surface area contributed by atoms with Crippen LogP contribution >= 0.6 is 0 Å². The summed E-state index contributed by atoms with van der Waals surface area (Å²) in [4.78, 5) is 10.9. The van der Waals surface area contributed by atoms with Crippen molar-refractivity contribution in [1.29, 1.82) is 0 Å². The van der Waals surface area contributed by atoms with E-state index in [-0.39, 0.29) is 5.69 Å². The quantitative estimate of drug-likeness (QED) is 0.823. The number of rotatable bonds is 3. The zero-order chi connectivity index (χ0) is 11.5. The fourth-order valence-electron chi connectivity index (χ4n) is 1.44. The van der Waals surface area contributed by atoms with Crippen molar-refractivity contribution in [2.75, 3.05) is 7.11 Å². The minimum absolute atomic E-state index is 0.0881. The zero-order valence-electron chi connectivity index (χ0n) is 8.60. The number of carboxylic acids is 1. The van der Waals surface area contributed by atoms with Crippen molar-refractivity contribution >= 4 is 5.97 Å². The Labute approximate surface area is 91.7 Å². The summed E-state index contributed by atoms with van der Waals surface area (Å²) < 4.78 is 5.02. The third-order valence-corrected chi connectivity index (χ3v) is 2.25. The SMILES string of the molecule is COc1ccc(-c2cn[nH]c2C(=O)O)cc1. The number of H-pyrrole nitrogens is 1. The first-order valence-electron chi connectivity index (χ1n) is 4.63. The number of carboxylic acid groups (broad SMARTS) is 1. The van der Waals surface area contributed by atoms with Crippen molar-refractivity contribution in [2.45, 2.75) is 0 Å². The summed E-state index contributed by atoms with van der Waals surface area (Å²) in [5.41, 5.74) is 1.44. The van der Waals surface area contributed by atoms with Gasteiger partial charge in [0.05, 0.1) is 13.3 Å². The molecule has 5 heteroatoms. The van der Waals surface area contributed by atoms with Crippen molar-refractivity contribution in [2.24, 2.45) is 0 Å². The van der Waals surface area contributed by atoms with E-state index in [0.29, 0.717) is 5.56 Å². The van der Waals surface area contributed by atoms with E-state index < -0.39 is 5.97 Å². The van der Waals surface area contributed by atoms with Crippen molar-refractivity contribution in [3.8, 4) is 16.9 Å². The van der Waals surface area contributed by atoms with Crippen LogP contribution in [0.5, 0.6) is 5.75 Å². The minimum Gasteiger partial charge on any atom is -0.497 e. The molecule has 0 bridgehead atoms. The van der Waals surface area contributed by atoms with Crippen LogP contribution in [-0.2, 0) is 0 Å². The Morgan fingerprint density at radius 2 is 2.06 bits per heavy atom. The highest BCUT2D eigenvalue weighted by Crippen LogP contribution is 2.24. The van der Waals surface area contributed by atoms with Gasteiger partial charge in [0.15, 0.2) is 5.69 Å². The Kier molecular flexibility index (Phi) is 2.59. The molecule has 0 amide bonds. The van der Waals surface area contributed by atoms with E-state index in [4.69, 9.17) is 9.84 Å². The van der Waals surface area contributed by atoms with E-state index in [0.717, 1.165) is 11.3 Å². The maximum absolute atomic E-state index is 10.9. The molecule has 2 rings (SSSR count). The number of aromatic carboxylic acids is 1. The number of aromatic amines is 1. The van der Waals surface area contributed by atoms with Gasteiger partial charge in [-0.25, -0.2) is 4.79 Å². The number of aromatic nitrogens is 2. The van der Waals surface area contributed by atoms with E-state index in [2.05, 4.69) is 10.2 Å². The second kappa shape index (κ2) is 4.06. The largest absolute Gasteiger partial charge is 0.497 e. The first kappa shape index (κ1) is 10.2. The van der Waals surface area contributed by atoms with Gasteiger partial charge in [0.1, 0.15) is 5.75 Å². The standard InChI is InChI=1S/C11H10N2O3/c1-16-8-4-2-7(3-5-8)9-6-12-13-10(9)11(14)15/h2-6H,1H3,(H,12,13)(H,14,15). The second-order valence-electron chi connectivity index (χ2n) is 3.19. The molecule has 0 radical (unpaired) electrons. The molecule has 82 valence electrons. The second-order valence-corrected chi connectivity index (χ2v) is 3.19. The predicted octanol–water partition coefficient (Wildman–Crippen LogP) is 1.78. The lowest BCUT2D eigenvalue weighted by molar-refractivity contribution is 0.0691. The summed E-state index contributed by atoms with van der Waals surface area (Å²) in [6, 6.07) is 7.12. The fourth-order valence-corrected chi connectivity index (χ4v) is 1.44. The number of methoxy groups -OCH3 is 1. The van der Waals surface area contributed by atoms with Gasteiger partial charge in [-0.05, 0) is 17.7 Å². The van der Waals surface area contributed by atoms with Gasteiger partial charge in [0.2, 0.25) is 0 Å². The molecule has 0 unspecified atom stereocenters. The molecule has 0 atom stereocenters. The van der Waals surface area contributed by atoms with Crippen LogP contribution in [0, 0.1) is 0 Å². The maximum Gasteiger partial charge on any atom is 0.354 e. The molecule has 1 aromatic carbocycles. The lowest BCUT2D eigenvalue weighted by Gasteiger charge is -2.02. The van der Waals surface area contributed by atoms with Gasteiger partial charge in [0, 0.05) is 5.56 Å². The molecule has 2 N–H and O–H groups in total. The average Bonchev–Trinajstić information content (AvgIpc) is 2.78. The molecule has 0 fully saturated rings. The molecular weight excluding hydrogens is 208 g/mol. The molecule has 5 nitrogen and oxygen atoms in total. The first-order valence-corrected chi connectivity index (χ1v) is 4.63. The smallest absolute Gasteiger partial charge is 0.354 e. The molecule has 0 saturated heterocycles. The van der Waals surface area contributed by atoms with Gasteiger partial charge in [-0.15, -0.1) is 0 Å². The number of nitrogens with zero attached hydrogens (tertiary/aromatic N) is 1. The van der Waals surface area contributed by atoms with Crippen molar-refractivity contribution in [3.63, 3.8) is 0 Å². The van der Waals surface area contributed by atoms with Crippen LogP contribution in [-0.4, -0.2) is 28.4 Å². The summed E-state index contributed by atoms with van der Waals surface area (Å²) in [5, 5.41) is 15.1. The van der Waals surface area contributed by atoms with Crippen LogP contribution in [0.2, 0.25) is 0 Å². The normalized spacial score (nSPS) is 10.1. The summed E-state index contributed by atoms with van der Waals surface area (Å²) in [6.45, 7) is 0. The Hall–Kier alpha value is -2.30. The molecule has 0 aliphatic heterocycles. The maximum atomic E-state index is 10.9. The summed E-state index contributed by atoms with van der Waals surface area (Å²) in [6.07, 6.45) is 1.49. The highest BCUT2D eigenvalue weighted by molar-refractivity contribution is 5.93. The number of hydrogen-bond acceptors (Lipinski definition) is 3. The Bertz CT molecular complexity index is 502. The van der Waals surface area contributed by atoms with E-state index in [9.17, 15) is 4.79 Å². The summed E-state index contributed by atoms with van der Waals surface area (Å²) >= 11 is 0. The van der Waals surface area contributed by atoms with Gasteiger partial charge in [0.25, 0.3) is 0 Å². The number of benzene rings is 1. The van der Waals surface area contributed by atoms with Crippen molar-refractivity contribution in [3.05, 3.63) is 36.2 Å². The number of nitrogens with one attached hydrogen (secondary N) is 1. The molecule has 1 heterocycles. The van der Waals surface area contributed by atoms with Crippen LogP contribution in [0.25, 0.3) is 11.1 Å². The van der Waals surface area contributed by atoms with Crippen molar-refractivity contribution in [1.82, 2.24) is 10.2 Å². The highest BCUT2D eigenvalue weighted by Gasteiger charge is 2.13. The Morgan fingerprint density at radius 1 is 1.38 bits per heavy atom. The number of hydrogen-bond donors (Lipinski definition) is 2. The fraction of sp³-hybridized carbons (Fsp3) is 0.0909. The van der Waals surface area contributed by atoms with Crippen LogP contribution < -0.4 is 4.74 Å². The molecule has 16 heavy (non-hydrogen) atoms. The van der Waals surface area contributed by atoms with Crippen LogP contribution in [0.3, 0.4) is 0 Å². The van der Waals surface area contributed by atoms with Crippen LogP contribution in [0.1, 0.15) is 10.5 Å². The van der Waals surface area contributed by atoms with Gasteiger partial charge in [-0.2, -0.15) is 5.10 Å². The molecular formula is C11H10N2O3. The van der Waals surface area contributed by atoms with E-state index in [1.807, 2.05) is 0 Å². The minimum atomic E-state index is -1.02. The number of ether oxygens (including phenoxy) is 1. The van der Waals surface area contributed by atoms with Gasteiger partial charge < -0.3 is 9.84 Å². The summed E-state index contributed by atoms with van der Waals surface area (Å²) in [5.74, 6) is -0.299.